The van der Waals surface area contributed by atoms with Crippen LogP contribution in [-0.2, 0) is 17.1 Å². The molecule has 0 radical (unpaired) electrons. The largest absolute Gasteiger partial charge is 0.433 e. The zero-order valence-corrected chi connectivity index (χ0v) is 16.5. The van der Waals surface area contributed by atoms with E-state index in [4.69, 9.17) is 0 Å². The summed E-state index contributed by atoms with van der Waals surface area (Å²) in [5.41, 5.74) is -2.72. The zero-order chi connectivity index (χ0) is 23.3. The number of hydrogen-bond acceptors (Lipinski definition) is 3. The Hall–Kier alpha value is -2.85. The minimum Gasteiger partial charge on any atom is -0.345 e. The number of carbonyl (C=O) groups excluding carboxylic acids is 1. The number of rotatable bonds is 4. The summed E-state index contributed by atoms with van der Waals surface area (Å²) < 4.78 is 92.7. The van der Waals surface area contributed by atoms with Gasteiger partial charge in [-0.05, 0) is 62.1 Å². The highest BCUT2D eigenvalue weighted by Crippen LogP contribution is 2.39. The summed E-state index contributed by atoms with van der Waals surface area (Å²) in [5.74, 6) is -1.49. The number of nitrogens with zero attached hydrogens (tertiary/aromatic N) is 3. The van der Waals surface area contributed by atoms with Crippen LogP contribution in [0.5, 0.6) is 0 Å². The van der Waals surface area contributed by atoms with E-state index in [1.807, 2.05) is 0 Å². The van der Waals surface area contributed by atoms with Gasteiger partial charge >= 0.3 is 12.4 Å². The van der Waals surface area contributed by atoms with Crippen LogP contribution in [0.1, 0.15) is 36.9 Å². The molecular weight excluding hydrogens is 443 g/mol. The Morgan fingerprint density at radius 1 is 0.969 bits per heavy atom. The van der Waals surface area contributed by atoms with Crippen LogP contribution in [0, 0.1) is 5.82 Å². The molecule has 4 rings (SSSR count). The maximum Gasteiger partial charge on any atom is 0.433 e. The summed E-state index contributed by atoms with van der Waals surface area (Å²) in [5, 5.41) is 0. The molecule has 2 aromatic rings. The highest BCUT2D eigenvalue weighted by Gasteiger charge is 2.43. The van der Waals surface area contributed by atoms with Crippen LogP contribution in [0.15, 0.2) is 36.4 Å². The standard InChI is InChI=1S/C21H18F7N3O/c22-13-3-5-14(6-4-13)31(15-7-8-15)19(32)16-2-1-9-30(16)18-11-12(20(23,24)25)10-17(29-18)21(26,27)28/h3-6,10-11,15-16H,1-2,7-9H2/t16-/m0/s1. The van der Waals surface area contributed by atoms with Crippen molar-refractivity contribution in [2.24, 2.45) is 0 Å². The first-order chi connectivity index (χ1) is 14.9. The van der Waals surface area contributed by atoms with Gasteiger partial charge in [0.25, 0.3) is 0 Å². The molecule has 2 fully saturated rings. The summed E-state index contributed by atoms with van der Waals surface area (Å²) in [6.45, 7) is 0.0872. The van der Waals surface area contributed by atoms with Crippen molar-refractivity contribution in [2.75, 3.05) is 16.3 Å². The average Bonchev–Trinajstić information content (AvgIpc) is 3.42. The van der Waals surface area contributed by atoms with E-state index in [0.29, 0.717) is 31.0 Å². The SMILES string of the molecule is O=C([C@@H]1CCCN1c1cc(C(F)(F)F)cc(C(F)(F)F)n1)N(c1ccc(F)cc1)C1CC1. The average molecular weight is 461 g/mol. The van der Waals surface area contributed by atoms with E-state index in [-0.39, 0.29) is 25.1 Å². The summed E-state index contributed by atoms with van der Waals surface area (Å²) in [6, 6.07) is 4.62. The number of carbonyl (C=O) groups is 1. The lowest BCUT2D eigenvalue weighted by Gasteiger charge is -2.31. The molecule has 1 saturated heterocycles. The third-order valence-corrected chi connectivity index (χ3v) is 5.52. The van der Waals surface area contributed by atoms with Gasteiger partial charge in [0.15, 0.2) is 0 Å². The Bertz CT molecular complexity index is 968. The summed E-state index contributed by atoms with van der Waals surface area (Å²) >= 11 is 0. The van der Waals surface area contributed by atoms with Gasteiger partial charge in [0.2, 0.25) is 5.91 Å². The molecule has 0 bridgehead atoms. The molecule has 1 aromatic carbocycles. The molecule has 172 valence electrons. The molecule has 0 spiro atoms. The Morgan fingerprint density at radius 3 is 2.19 bits per heavy atom. The van der Waals surface area contributed by atoms with Crippen molar-refractivity contribution in [3.05, 3.63) is 53.5 Å². The van der Waals surface area contributed by atoms with Gasteiger partial charge in [-0.3, -0.25) is 4.79 Å². The number of alkyl halides is 6. The molecule has 11 heteroatoms. The predicted molar refractivity (Wildman–Crippen MR) is 102 cm³/mol. The van der Waals surface area contributed by atoms with Gasteiger partial charge in [-0.2, -0.15) is 26.3 Å². The van der Waals surface area contributed by atoms with E-state index in [0.717, 1.165) is 0 Å². The number of aromatic nitrogens is 1. The Kier molecular flexibility index (Phi) is 5.54. The van der Waals surface area contributed by atoms with Crippen LogP contribution < -0.4 is 9.80 Å². The van der Waals surface area contributed by atoms with Gasteiger partial charge in [0.05, 0.1) is 5.56 Å². The quantitative estimate of drug-likeness (QED) is 0.571. The van der Waals surface area contributed by atoms with Gasteiger partial charge in [0.1, 0.15) is 23.4 Å². The molecule has 0 unspecified atom stereocenters. The number of hydrogen-bond donors (Lipinski definition) is 0. The fraction of sp³-hybridized carbons (Fsp3) is 0.429. The second kappa shape index (κ2) is 7.93. The lowest BCUT2D eigenvalue weighted by atomic mass is 10.1. The van der Waals surface area contributed by atoms with Gasteiger partial charge in [-0.25, -0.2) is 9.37 Å². The van der Waals surface area contributed by atoms with Crippen LogP contribution in [0.3, 0.4) is 0 Å². The molecule has 1 saturated carbocycles. The van der Waals surface area contributed by atoms with Crippen LogP contribution in [0.4, 0.5) is 42.2 Å². The lowest BCUT2D eigenvalue weighted by Crippen LogP contribution is -2.47. The van der Waals surface area contributed by atoms with Crippen molar-refractivity contribution in [1.29, 1.82) is 0 Å². The molecule has 32 heavy (non-hydrogen) atoms. The summed E-state index contributed by atoms with van der Waals surface area (Å²) in [4.78, 5) is 19.5. The number of pyridine rings is 1. The smallest absolute Gasteiger partial charge is 0.345 e. The highest BCUT2D eigenvalue weighted by atomic mass is 19.4. The van der Waals surface area contributed by atoms with E-state index < -0.39 is 47.2 Å². The maximum atomic E-state index is 13.4. The summed E-state index contributed by atoms with van der Waals surface area (Å²) in [6.07, 6.45) is -8.03. The number of halogens is 7. The highest BCUT2D eigenvalue weighted by molar-refractivity contribution is 6.00. The molecule has 4 nitrogen and oxygen atoms in total. The van der Waals surface area contributed by atoms with E-state index in [1.165, 1.54) is 34.1 Å². The number of amides is 1. The predicted octanol–water partition coefficient (Wildman–Crippen LogP) is 5.42. The third-order valence-electron chi connectivity index (χ3n) is 5.52. The fourth-order valence-electron chi connectivity index (χ4n) is 3.88. The van der Waals surface area contributed by atoms with Crippen molar-refractivity contribution in [3.8, 4) is 0 Å². The molecule has 1 aliphatic heterocycles. The fourth-order valence-corrected chi connectivity index (χ4v) is 3.88. The molecular formula is C21H18F7N3O. The number of benzene rings is 1. The van der Waals surface area contributed by atoms with Crippen molar-refractivity contribution in [1.82, 2.24) is 4.98 Å². The van der Waals surface area contributed by atoms with E-state index >= 15 is 0 Å². The van der Waals surface area contributed by atoms with Crippen LogP contribution >= 0.6 is 0 Å². The zero-order valence-electron chi connectivity index (χ0n) is 16.5. The molecule has 1 atom stereocenters. The molecule has 1 aliphatic carbocycles. The minimum atomic E-state index is -5.08. The van der Waals surface area contributed by atoms with Crippen molar-refractivity contribution in [3.63, 3.8) is 0 Å². The minimum absolute atomic E-state index is 0.0363. The van der Waals surface area contributed by atoms with Crippen LogP contribution in [0.2, 0.25) is 0 Å². The van der Waals surface area contributed by atoms with Gasteiger partial charge in [0, 0.05) is 18.3 Å². The first kappa shape index (κ1) is 22.3. The maximum absolute atomic E-state index is 13.4. The Morgan fingerprint density at radius 2 is 1.62 bits per heavy atom. The number of anilines is 2. The summed E-state index contributed by atoms with van der Waals surface area (Å²) in [7, 11) is 0. The van der Waals surface area contributed by atoms with E-state index in [1.54, 1.807) is 0 Å². The van der Waals surface area contributed by atoms with Crippen molar-refractivity contribution in [2.45, 2.75) is 50.1 Å². The molecule has 0 N–H and O–H groups in total. The van der Waals surface area contributed by atoms with Crippen molar-refractivity contribution >= 4 is 17.4 Å². The molecule has 1 amide bonds. The second-order valence-electron chi connectivity index (χ2n) is 7.86. The third kappa shape index (κ3) is 4.51. The first-order valence-electron chi connectivity index (χ1n) is 9.97. The molecule has 2 aliphatic rings. The topological polar surface area (TPSA) is 36.4 Å². The normalized spacial score (nSPS) is 19.3. The van der Waals surface area contributed by atoms with Gasteiger partial charge in [-0.15, -0.1) is 0 Å². The van der Waals surface area contributed by atoms with E-state index in [9.17, 15) is 35.5 Å². The first-order valence-corrected chi connectivity index (χ1v) is 9.97. The Balaban J connectivity index is 1.70. The van der Waals surface area contributed by atoms with Gasteiger partial charge < -0.3 is 9.80 Å². The second-order valence-corrected chi connectivity index (χ2v) is 7.86. The van der Waals surface area contributed by atoms with Crippen LogP contribution in [0.25, 0.3) is 0 Å². The lowest BCUT2D eigenvalue weighted by molar-refractivity contribution is -0.145. The van der Waals surface area contributed by atoms with Crippen molar-refractivity contribution < 1.29 is 35.5 Å². The molecule has 1 aromatic heterocycles. The monoisotopic (exact) mass is 461 g/mol. The van der Waals surface area contributed by atoms with E-state index in [2.05, 4.69) is 4.98 Å². The Labute approximate surface area is 178 Å². The van der Waals surface area contributed by atoms with Crippen LogP contribution in [-0.4, -0.2) is 29.5 Å². The van der Waals surface area contributed by atoms with Gasteiger partial charge in [-0.1, -0.05) is 0 Å². The molecule has 2 heterocycles.